The van der Waals surface area contributed by atoms with Crippen molar-refractivity contribution in [3.05, 3.63) is 53.9 Å². The summed E-state index contributed by atoms with van der Waals surface area (Å²) in [5, 5.41) is 3.52. The minimum atomic E-state index is -0.181. The van der Waals surface area contributed by atoms with Crippen molar-refractivity contribution in [1.29, 1.82) is 0 Å². The number of hydrogen-bond donors (Lipinski definition) is 1. The molecular formula is C16H20FN3. The van der Waals surface area contributed by atoms with Gasteiger partial charge in [0, 0.05) is 18.3 Å². The van der Waals surface area contributed by atoms with Crippen LogP contribution in [0.3, 0.4) is 0 Å². The molecule has 1 aliphatic rings. The van der Waals surface area contributed by atoms with E-state index in [1.165, 1.54) is 30.7 Å². The molecule has 3 nitrogen and oxygen atoms in total. The number of halogens is 1. The zero-order chi connectivity index (χ0) is 13.9. The van der Waals surface area contributed by atoms with Crippen LogP contribution in [-0.2, 0) is 6.42 Å². The molecule has 3 rings (SSSR count). The minimum Gasteiger partial charge on any atom is -0.330 e. The van der Waals surface area contributed by atoms with Gasteiger partial charge in [0.2, 0.25) is 0 Å². The summed E-state index contributed by atoms with van der Waals surface area (Å²) < 4.78 is 15.2. The van der Waals surface area contributed by atoms with Crippen molar-refractivity contribution in [2.75, 3.05) is 6.54 Å². The van der Waals surface area contributed by atoms with Crippen LogP contribution in [0.2, 0.25) is 0 Å². The molecule has 1 saturated heterocycles. The van der Waals surface area contributed by atoms with E-state index in [0.717, 1.165) is 18.5 Å². The van der Waals surface area contributed by atoms with E-state index in [2.05, 4.69) is 21.8 Å². The van der Waals surface area contributed by atoms with Crippen molar-refractivity contribution in [3.63, 3.8) is 0 Å². The van der Waals surface area contributed by atoms with Crippen molar-refractivity contribution in [1.82, 2.24) is 14.9 Å². The Kier molecular flexibility index (Phi) is 3.83. The van der Waals surface area contributed by atoms with Crippen molar-refractivity contribution >= 4 is 0 Å². The highest BCUT2D eigenvalue weighted by Gasteiger charge is 2.21. The third-order valence-electron chi connectivity index (χ3n) is 4.03. The molecule has 0 spiro atoms. The lowest BCUT2D eigenvalue weighted by Crippen LogP contribution is -2.19. The molecule has 2 aromatic rings. The van der Waals surface area contributed by atoms with Gasteiger partial charge >= 0.3 is 0 Å². The highest BCUT2D eigenvalue weighted by Crippen LogP contribution is 2.26. The first kappa shape index (κ1) is 13.3. The summed E-state index contributed by atoms with van der Waals surface area (Å²) in [6, 6.07) is 7.51. The number of benzene rings is 1. The highest BCUT2D eigenvalue weighted by molar-refractivity contribution is 5.18. The van der Waals surface area contributed by atoms with Gasteiger partial charge in [-0.25, -0.2) is 9.37 Å². The van der Waals surface area contributed by atoms with Gasteiger partial charge in [0.25, 0.3) is 0 Å². The van der Waals surface area contributed by atoms with E-state index in [-0.39, 0.29) is 5.82 Å². The maximum Gasteiger partial charge on any atom is 0.123 e. The highest BCUT2D eigenvalue weighted by atomic mass is 19.1. The van der Waals surface area contributed by atoms with Crippen molar-refractivity contribution in [2.24, 2.45) is 0 Å². The van der Waals surface area contributed by atoms with Gasteiger partial charge in [0.05, 0.1) is 12.0 Å². The van der Waals surface area contributed by atoms with Crippen molar-refractivity contribution in [3.8, 4) is 0 Å². The Labute approximate surface area is 118 Å². The van der Waals surface area contributed by atoms with Gasteiger partial charge in [-0.3, -0.25) is 0 Å². The summed E-state index contributed by atoms with van der Waals surface area (Å²) in [6.07, 6.45) is 7.15. The average molecular weight is 273 g/mol. The predicted molar refractivity (Wildman–Crippen MR) is 77.0 cm³/mol. The maximum absolute atomic E-state index is 12.9. The summed E-state index contributed by atoms with van der Waals surface area (Å²) in [4.78, 5) is 4.31. The molecule has 1 aliphatic heterocycles. The van der Waals surface area contributed by atoms with Gasteiger partial charge in [-0.2, -0.15) is 0 Å². The molecule has 2 heterocycles. The Balaban J connectivity index is 1.75. The van der Waals surface area contributed by atoms with Crippen LogP contribution in [0.25, 0.3) is 0 Å². The first-order valence-electron chi connectivity index (χ1n) is 7.23. The third-order valence-corrected chi connectivity index (χ3v) is 4.03. The normalized spacial score (nSPS) is 20.2. The van der Waals surface area contributed by atoms with E-state index in [9.17, 15) is 4.39 Å². The Morgan fingerprint density at radius 2 is 2.20 bits per heavy atom. The molecule has 0 saturated carbocycles. The van der Waals surface area contributed by atoms with Crippen LogP contribution in [0.5, 0.6) is 0 Å². The Morgan fingerprint density at radius 3 is 2.90 bits per heavy atom. The SMILES string of the molecule is CC(Cc1ccc(F)cc1)n1cncc1C1CCCN1. The van der Waals surface area contributed by atoms with Crippen LogP contribution in [0.15, 0.2) is 36.8 Å². The van der Waals surface area contributed by atoms with E-state index in [1.807, 2.05) is 24.7 Å². The molecule has 0 amide bonds. The molecular weight excluding hydrogens is 253 g/mol. The molecule has 20 heavy (non-hydrogen) atoms. The molecule has 0 radical (unpaired) electrons. The molecule has 1 aromatic carbocycles. The van der Waals surface area contributed by atoms with Gasteiger partial charge in [0.15, 0.2) is 0 Å². The molecule has 1 fully saturated rings. The van der Waals surface area contributed by atoms with E-state index in [0.29, 0.717) is 12.1 Å². The number of imidazole rings is 1. The molecule has 2 atom stereocenters. The largest absolute Gasteiger partial charge is 0.330 e. The Bertz CT molecular complexity index is 555. The summed E-state index contributed by atoms with van der Waals surface area (Å²) in [7, 11) is 0. The minimum absolute atomic E-state index is 0.181. The lowest BCUT2D eigenvalue weighted by Gasteiger charge is -2.20. The molecule has 2 unspecified atom stereocenters. The lowest BCUT2D eigenvalue weighted by atomic mass is 10.1. The second-order valence-corrected chi connectivity index (χ2v) is 5.55. The molecule has 106 valence electrons. The molecule has 0 bridgehead atoms. The number of nitrogens with one attached hydrogen (secondary N) is 1. The van der Waals surface area contributed by atoms with Crippen molar-refractivity contribution in [2.45, 2.75) is 38.3 Å². The Morgan fingerprint density at radius 1 is 1.40 bits per heavy atom. The Hall–Kier alpha value is -1.68. The van der Waals surface area contributed by atoms with E-state index >= 15 is 0 Å². The predicted octanol–water partition coefficient (Wildman–Crippen LogP) is 3.25. The summed E-state index contributed by atoms with van der Waals surface area (Å²) >= 11 is 0. The van der Waals surface area contributed by atoms with Gasteiger partial charge in [0.1, 0.15) is 5.82 Å². The van der Waals surface area contributed by atoms with Crippen LogP contribution in [0.4, 0.5) is 4.39 Å². The molecule has 0 aliphatic carbocycles. The maximum atomic E-state index is 12.9. The molecule has 1 N–H and O–H groups in total. The van der Waals surface area contributed by atoms with E-state index in [4.69, 9.17) is 0 Å². The van der Waals surface area contributed by atoms with Gasteiger partial charge in [-0.1, -0.05) is 12.1 Å². The lowest BCUT2D eigenvalue weighted by molar-refractivity contribution is 0.488. The number of aromatic nitrogens is 2. The number of rotatable bonds is 4. The first-order valence-corrected chi connectivity index (χ1v) is 7.23. The summed E-state index contributed by atoms with van der Waals surface area (Å²) in [6.45, 7) is 3.27. The molecule has 4 heteroatoms. The number of hydrogen-bond acceptors (Lipinski definition) is 2. The van der Waals surface area contributed by atoms with Crippen LogP contribution >= 0.6 is 0 Å². The summed E-state index contributed by atoms with van der Waals surface area (Å²) in [5.41, 5.74) is 2.41. The fourth-order valence-electron chi connectivity index (χ4n) is 2.95. The fourth-order valence-corrected chi connectivity index (χ4v) is 2.95. The van der Waals surface area contributed by atoms with Gasteiger partial charge < -0.3 is 9.88 Å². The quantitative estimate of drug-likeness (QED) is 0.926. The first-order chi connectivity index (χ1) is 9.74. The summed E-state index contributed by atoms with van der Waals surface area (Å²) in [5.74, 6) is -0.181. The zero-order valence-electron chi connectivity index (χ0n) is 11.7. The monoisotopic (exact) mass is 273 g/mol. The number of nitrogens with zero attached hydrogens (tertiary/aromatic N) is 2. The van der Waals surface area contributed by atoms with Gasteiger partial charge in [-0.15, -0.1) is 0 Å². The standard InChI is InChI=1S/C16H20FN3/c1-12(9-13-4-6-14(17)7-5-13)20-11-18-10-16(20)15-3-2-8-19-15/h4-7,10-12,15,19H,2-3,8-9H2,1H3. The second kappa shape index (κ2) is 5.75. The average Bonchev–Trinajstić information content (AvgIpc) is 3.11. The van der Waals surface area contributed by atoms with E-state index in [1.54, 1.807) is 0 Å². The van der Waals surface area contributed by atoms with Crippen LogP contribution in [0, 0.1) is 5.82 Å². The third kappa shape index (κ3) is 2.75. The van der Waals surface area contributed by atoms with Gasteiger partial charge in [-0.05, 0) is 50.4 Å². The topological polar surface area (TPSA) is 29.9 Å². The van der Waals surface area contributed by atoms with Crippen LogP contribution < -0.4 is 5.32 Å². The molecule has 1 aromatic heterocycles. The van der Waals surface area contributed by atoms with E-state index < -0.39 is 0 Å². The smallest absolute Gasteiger partial charge is 0.123 e. The fraction of sp³-hybridized carbons (Fsp3) is 0.438. The van der Waals surface area contributed by atoms with Crippen LogP contribution in [-0.4, -0.2) is 16.1 Å². The zero-order valence-corrected chi connectivity index (χ0v) is 11.7. The second-order valence-electron chi connectivity index (χ2n) is 5.55. The van der Waals surface area contributed by atoms with Crippen LogP contribution in [0.1, 0.15) is 43.1 Å². The van der Waals surface area contributed by atoms with Crippen molar-refractivity contribution < 1.29 is 4.39 Å².